The van der Waals surface area contributed by atoms with Crippen LogP contribution in [0.3, 0.4) is 0 Å². The van der Waals surface area contributed by atoms with Crippen molar-refractivity contribution in [1.82, 2.24) is 0 Å². The van der Waals surface area contributed by atoms with E-state index < -0.39 is 5.97 Å². The van der Waals surface area contributed by atoms with Crippen LogP contribution in [-0.2, 0) is 4.74 Å². The molecule has 0 saturated heterocycles. The molecule has 0 spiro atoms. The predicted molar refractivity (Wildman–Crippen MR) is 103 cm³/mol. The van der Waals surface area contributed by atoms with Gasteiger partial charge in [-0.25, -0.2) is 4.79 Å². The van der Waals surface area contributed by atoms with Crippen molar-refractivity contribution in [2.24, 2.45) is 0 Å². The molecule has 0 radical (unpaired) electrons. The van der Waals surface area contributed by atoms with Crippen LogP contribution in [0.15, 0.2) is 36.9 Å². The second kappa shape index (κ2) is 8.98. The summed E-state index contributed by atoms with van der Waals surface area (Å²) in [5.74, 6) is 1.53. The number of carbonyl (C=O) groups is 1. The smallest absolute Gasteiger partial charge is 0.341 e. The Bertz CT molecular complexity index is 816. The number of ether oxygens (including phenoxy) is 5. The minimum Gasteiger partial charge on any atom is -0.496 e. The highest BCUT2D eigenvalue weighted by molar-refractivity contribution is 5.94. The Morgan fingerprint density at radius 3 is 1.93 bits per heavy atom. The summed E-state index contributed by atoms with van der Waals surface area (Å²) in [6, 6.07) is 8.84. The zero-order chi connectivity index (χ0) is 20.0. The Kier molecular flexibility index (Phi) is 6.71. The van der Waals surface area contributed by atoms with E-state index in [1.807, 2.05) is 6.07 Å². The molecule has 0 unspecified atom stereocenters. The van der Waals surface area contributed by atoms with E-state index in [0.717, 1.165) is 11.1 Å². The molecule has 6 nitrogen and oxygen atoms in total. The first kappa shape index (κ1) is 20.2. The first-order chi connectivity index (χ1) is 13.0. The number of hydrogen-bond donors (Lipinski definition) is 0. The zero-order valence-corrected chi connectivity index (χ0v) is 16.3. The molecule has 6 heteroatoms. The summed E-state index contributed by atoms with van der Waals surface area (Å²) in [5.41, 5.74) is 2.53. The van der Waals surface area contributed by atoms with Crippen molar-refractivity contribution >= 4 is 11.5 Å². The van der Waals surface area contributed by atoms with Crippen LogP contribution in [0.4, 0.5) is 0 Å². The van der Waals surface area contributed by atoms with E-state index in [4.69, 9.17) is 23.7 Å². The van der Waals surface area contributed by atoms with E-state index in [1.54, 1.807) is 52.5 Å². The van der Waals surface area contributed by atoms with E-state index in [-0.39, 0.29) is 6.61 Å². The molecule has 0 N–H and O–H groups in total. The lowest BCUT2D eigenvalue weighted by Gasteiger charge is -2.16. The van der Waals surface area contributed by atoms with E-state index in [9.17, 15) is 4.79 Å². The summed E-state index contributed by atoms with van der Waals surface area (Å²) in [5, 5.41) is 0. The van der Waals surface area contributed by atoms with Gasteiger partial charge in [-0.15, -0.1) is 0 Å². The number of esters is 1. The summed E-state index contributed by atoms with van der Waals surface area (Å²) < 4.78 is 26.5. The third-order valence-electron chi connectivity index (χ3n) is 4.06. The van der Waals surface area contributed by atoms with E-state index in [1.165, 1.54) is 7.11 Å². The minimum atomic E-state index is -0.450. The van der Waals surface area contributed by atoms with Gasteiger partial charge in [-0.2, -0.15) is 0 Å². The Morgan fingerprint density at radius 2 is 1.44 bits per heavy atom. The van der Waals surface area contributed by atoms with Crippen LogP contribution < -0.4 is 18.9 Å². The normalized spacial score (nSPS) is 10.1. The largest absolute Gasteiger partial charge is 0.496 e. The Balaban J connectivity index is 2.51. The van der Waals surface area contributed by atoms with Crippen LogP contribution >= 0.6 is 0 Å². The second-order valence-corrected chi connectivity index (χ2v) is 5.53. The maximum Gasteiger partial charge on any atom is 0.341 e. The predicted octanol–water partition coefficient (Wildman–Crippen LogP) is 3.96. The van der Waals surface area contributed by atoms with Gasteiger partial charge in [0.25, 0.3) is 0 Å². The zero-order valence-electron chi connectivity index (χ0n) is 16.3. The van der Waals surface area contributed by atoms with Gasteiger partial charge in [0.15, 0.2) is 11.5 Å². The van der Waals surface area contributed by atoms with Gasteiger partial charge >= 0.3 is 5.97 Å². The SMILES string of the molecule is C=C(c1cc(OC)c(OC)c(OC)c1)c1ccc(OC)c(C(=O)OCC)c1. The number of hydrogen-bond acceptors (Lipinski definition) is 6. The molecule has 0 atom stereocenters. The van der Waals surface area contributed by atoms with Gasteiger partial charge in [-0.3, -0.25) is 0 Å². The molecule has 2 aromatic rings. The molecule has 0 saturated carbocycles. The van der Waals surface area contributed by atoms with Crippen molar-refractivity contribution in [1.29, 1.82) is 0 Å². The maximum atomic E-state index is 12.2. The van der Waals surface area contributed by atoms with Crippen molar-refractivity contribution in [2.45, 2.75) is 6.92 Å². The number of rotatable bonds is 8. The van der Waals surface area contributed by atoms with Crippen LogP contribution in [0.2, 0.25) is 0 Å². The molecule has 27 heavy (non-hydrogen) atoms. The van der Waals surface area contributed by atoms with Crippen LogP contribution in [0.1, 0.15) is 28.4 Å². The van der Waals surface area contributed by atoms with Crippen molar-refractivity contribution in [3.63, 3.8) is 0 Å². The Hall–Kier alpha value is -3.15. The molecule has 0 amide bonds. The first-order valence-corrected chi connectivity index (χ1v) is 8.35. The molecule has 2 aromatic carbocycles. The highest BCUT2D eigenvalue weighted by Gasteiger charge is 2.18. The number of methoxy groups -OCH3 is 4. The van der Waals surface area contributed by atoms with Crippen LogP contribution in [0, 0.1) is 0 Å². The highest BCUT2D eigenvalue weighted by atomic mass is 16.5. The average molecular weight is 372 g/mol. The van der Waals surface area contributed by atoms with E-state index in [2.05, 4.69) is 6.58 Å². The third kappa shape index (κ3) is 4.16. The van der Waals surface area contributed by atoms with Gasteiger partial charge < -0.3 is 23.7 Å². The molecule has 144 valence electrons. The quantitative estimate of drug-likeness (QED) is 0.654. The summed E-state index contributed by atoms with van der Waals surface area (Å²) in [7, 11) is 6.15. The third-order valence-corrected chi connectivity index (χ3v) is 4.06. The Labute approximate surface area is 159 Å². The minimum absolute atomic E-state index is 0.278. The molecular formula is C21H24O6. The van der Waals surface area contributed by atoms with Crippen molar-refractivity contribution in [3.05, 3.63) is 53.6 Å². The second-order valence-electron chi connectivity index (χ2n) is 5.53. The van der Waals surface area contributed by atoms with Gasteiger partial charge in [0.2, 0.25) is 5.75 Å². The van der Waals surface area contributed by atoms with E-state index in [0.29, 0.717) is 34.1 Å². The van der Waals surface area contributed by atoms with E-state index >= 15 is 0 Å². The van der Waals surface area contributed by atoms with Gasteiger partial charge in [-0.1, -0.05) is 12.6 Å². The first-order valence-electron chi connectivity index (χ1n) is 8.35. The summed E-state index contributed by atoms with van der Waals surface area (Å²) in [4.78, 5) is 12.2. The fourth-order valence-electron chi connectivity index (χ4n) is 2.69. The molecule has 0 bridgehead atoms. The monoisotopic (exact) mass is 372 g/mol. The molecule has 0 fully saturated rings. The standard InChI is InChI=1S/C21H24O6/c1-7-27-21(22)16-10-14(8-9-17(16)23-3)13(2)15-11-18(24-4)20(26-6)19(12-15)25-5/h8-12H,2,7H2,1,3-6H3. The topological polar surface area (TPSA) is 63.2 Å². The average Bonchev–Trinajstić information content (AvgIpc) is 2.71. The highest BCUT2D eigenvalue weighted by Crippen LogP contribution is 2.41. The molecule has 0 aromatic heterocycles. The molecule has 0 aliphatic heterocycles. The van der Waals surface area contributed by atoms with Gasteiger partial charge in [0.05, 0.1) is 35.0 Å². The molecular weight excluding hydrogens is 348 g/mol. The van der Waals surface area contributed by atoms with Crippen molar-refractivity contribution in [2.75, 3.05) is 35.0 Å². The molecule has 0 aliphatic carbocycles. The Morgan fingerprint density at radius 1 is 0.852 bits per heavy atom. The number of benzene rings is 2. The lowest BCUT2D eigenvalue weighted by Crippen LogP contribution is -2.07. The van der Waals surface area contributed by atoms with Gasteiger partial charge in [0.1, 0.15) is 11.3 Å². The lowest BCUT2D eigenvalue weighted by atomic mass is 9.97. The summed E-state index contributed by atoms with van der Waals surface area (Å²) in [6.07, 6.45) is 0. The van der Waals surface area contributed by atoms with Crippen molar-refractivity contribution in [3.8, 4) is 23.0 Å². The number of carbonyl (C=O) groups excluding carboxylic acids is 1. The van der Waals surface area contributed by atoms with Crippen LogP contribution in [-0.4, -0.2) is 41.0 Å². The van der Waals surface area contributed by atoms with Crippen molar-refractivity contribution < 1.29 is 28.5 Å². The summed E-state index contributed by atoms with van der Waals surface area (Å²) >= 11 is 0. The molecule has 0 heterocycles. The molecule has 0 aliphatic rings. The summed E-state index contributed by atoms with van der Waals surface area (Å²) in [6.45, 7) is 6.19. The maximum absolute atomic E-state index is 12.2. The molecule has 2 rings (SSSR count). The lowest BCUT2D eigenvalue weighted by molar-refractivity contribution is 0.0522. The fraction of sp³-hybridized carbons (Fsp3) is 0.286. The van der Waals surface area contributed by atoms with Crippen LogP contribution in [0.5, 0.6) is 23.0 Å². The van der Waals surface area contributed by atoms with Gasteiger partial charge in [0, 0.05) is 0 Å². The fourth-order valence-corrected chi connectivity index (χ4v) is 2.69. The van der Waals surface area contributed by atoms with Crippen LogP contribution in [0.25, 0.3) is 5.57 Å². The van der Waals surface area contributed by atoms with Gasteiger partial charge in [-0.05, 0) is 47.9 Å².